The van der Waals surface area contributed by atoms with E-state index in [1.165, 1.54) is 0 Å². The molecule has 0 saturated carbocycles. The molecule has 1 aromatic heterocycles. The van der Waals surface area contributed by atoms with Crippen molar-refractivity contribution in [3.63, 3.8) is 0 Å². The predicted octanol–water partition coefficient (Wildman–Crippen LogP) is 2.42. The highest BCUT2D eigenvalue weighted by molar-refractivity contribution is 5.92. The molecule has 0 spiro atoms. The molecule has 2 heterocycles. The summed E-state index contributed by atoms with van der Waals surface area (Å²) in [6.07, 6.45) is 1.99. The van der Waals surface area contributed by atoms with Crippen molar-refractivity contribution in [1.82, 2.24) is 4.98 Å². The largest absolute Gasteiger partial charge is 0.496 e. The fraction of sp³-hybridized carbons (Fsp3) is 0.368. The van der Waals surface area contributed by atoms with Crippen molar-refractivity contribution in [1.29, 1.82) is 0 Å². The summed E-state index contributed by atoms with van der Waals surface area (Å²) in [7, 11) is 1.63. The van der Waals surface area contributed by atoms with Crippen LogP contribution in [0.3, 0.4) is 0 Å². The lowest BCUT2D eigenvalue weighted by Gasteiger charge is -2.27. The maximum atomic E-state index is 12.2. The molecule has 0 aliphatic carbocycles. The molecule has 1 saturated heterocycles. The molecule has 0 atom stereocenters. The second-order valence-electron chi connectivity index (χ2n) is 6.03. The fourth-order valence-electron chi connectivity index (χ4n) is 2.80. The maximum Gasteiger partial charge on any atom is 0.228 e. The first kappa shape index (κ1) is 17.2. The van der Waals surface area contributed by atoms with Gasteiger partial charge in [0.2, 0.25) is 5.91 Å². The van der Waals surface area contributed by atoms with Gasteiger partial charge in [-0.3, -0.25) is 4.79 Å². The molecule has 0 unspecified atom stereocenters. The smallest absolute Gasteiger partial charge is 0.228 e. The summed E-state index contributed by atoms with van der Waals surface area (Å²) in [5.41, 5.74) is 2.66. The van der Waals surface area contributed by atoms with Crippen LogP contribution < -0.4 is 15.0 Å². The van der Waals surface area contributed by atoms with Crippen LogP contribution in [0.4, 0.5) is 11.5 Å². The van der Waals surface area contributed by atoms with Gasteiger partial charge >= 0.3 is 0 Å². The predicted molar refractivity (Wildman–Crippen MR) is 97.3 cm³/mol. The first-order chi connectivity index (χ1) is 12.2. The third-order valence-electron chi connectivity index (χ3n) is 4.20. The van der Waals surface area contributed by atoms with E-state index in [2.05, 4.69) is 15.2 Å². The normalized spacial score (nSPS) is 14.2. The van der Waals surface area contributed by atoms with Gasteiger partial charge in [0.15, 0.2) is 0 Å². The molecular formula is C19H23N3O3. The van der Waals surface area contributed by atoms with Crippen LogP contribution in [0.5, 0.6) is 5.75 Å². The fourth-order valence-corrected chi connectivity index (χ4v) is 2.80. The van der Waals surface area contributed by atoms with E-state index in [0.29, 0.717) is 12.1 Å². The van der Waals surface area contributed by atoms with Crippen molar-refractivity contribution < 1.29 is 14.3 Å². The third-order valence-corrected chi connectivity index (χ3v) is 4.20. The number of aromatic nitrogens is 1. The van der Waals surface area contributed by atoms with E-state index in [1.54, 1.807) is 13.3 Å². The summed E-state index contributed by atoms with van der Waals surface area (Å²) in [6, 6.07) is 9.60. The number of nitrogens with zero attached hydrogens (tertiary/aromatic N) is 2. The van der Waals surface area contributed by atoms with E-state index in [0.717, 1.165) is 49.0 Å². The second-order valence-corrected chi connectivity index (χ2v) is 6.03. The Morgan fingerprint density at radius 3 is 2.76 bits per heavy atom. The van der Waals surface area contributed by atoms with Crippen molar-refractivity contribution in [3.8, 4) is 5.75 Å². The Morgan fingerprint density at radius 2 is 2.08 bits per heavy atom. The first-order valence-corrected chi connectivity index (χ1v) is 8.38. The molecule has 0 radical (unpaired) electrons. The van der Waals surface area contributed by atoms with Gasteiger partial charge in [0, 0.05) is 13.1 Å². The van der Waals surface area contributed by atoms with Crippen LogP contribution in [0.1, 0.15) is 11.1 Å². The molecule has 1 N–H and O–H groups in total. The van der Waals surface area contributed by atoms with E-state index < -0.39 is 0 Å². The number of nitrogens with one attached hydrogen (secondary N) is 1. The topological polar surface area (TPSA) is 63.7 Å². The summed E-state index contributed by atoms with van der Waals surface area (Å²) in [4.78, 5) is 18.9. The number of pyridine rings is 1. The van der Waals surface area contributed by atoms with Gasteiger partial charge in [-0.1, -0.05) is 12.1 Å². The minimum Gasteiger partial charge on any atom is -0.496 e. The molecule has 1 amide bonds. The number of anilines is 2. The van der Waals surface area contributed by atoms with Crippen molar-refractivity contribution >= 4 is 17.4 Å². The summed E-state index contributed by atoms with van der Waals surface area (Å²) >= 11 is 0. The second kappa shape index (κ2) is 7.98. The van der Waals surface area contributed by atoms with E-state index in [-0.39, 0.29) is 5.91 Å². The minimum atomic E-state index is -0.0770. The molecule has 25 heavy (non-hydrogen) atoms. The third kappa shape index (κ3) is 4.48. The molecular weight excluding hydrogens is 318 g/mol. The van der Waals surface area contributed by atoms with Gasteiger partial charge in [-0.25, -0.2) is 4.98 Å². The van der Waals surface area contributed by atoms with Gasteiger partial charge in [0.05, 0.1) is 38.6 Å². The van der Waals surface area contributed by atoms with Crippen LogP contribution >= 0.6 is 0 Å². The number of ether oxygens (including phenoxy) is 2. The Labute approximate surface area is 147 Å². The Balaban J connectivity index is 1.59. The Kier molecular flexibility index (Phi) is 5.50. The quantitative estimate of drug-likeness (QED) is 0.905. The SMILES string of the molecule is COc1cc(CC(=O)Nc2ccc(N3CCOCC3)nc2)ccc1C. The number of carbonyl (C=O) groups excluding carboxylic acids is 1. The van der Waals surface area contributed by atoms with Crippen LogP contribution in [-0.4, -0.2) is 44.3 Å². The van der Waals surface area contributed by atoms with Gasteiger partial charge in [-0.15, -0.1) is 0 Å². The van der Waals surface area contributed by atoms with Crippen molar-refractivity contribution in [2.45, 2.75) is 13.3 Å². The number of carbonyl (C=O) groups is 1. The van der Waals surface area contributed by atoms with Gasteiger partial charge in [0.25, 0.3) is 0 Å². The zero-order valence-corrected chi connectivity index (χ0v) is 14.6. The average molecular weight is 341 g/mol. The Hall–Kier alpha value is -2.60. The number of amides is 1. The lowest BCUT2D eigenvalue weighted by Crippen LogP contribution is -2.36. The standard InChI is InChI=1S/C19H23N3O3/c1-14-3-4-15(11-17(14)24-2)12-19(23)21-16-5-6-18(20-13-16)22-7-9-25-10-8-22/h3-6,11,13H,7-10,12H2,1-2H3,(H,21,23). The molecule has 3 rings (SSSR count). The summed E-state index contributed by atoms with van der Waals surface area (Å²) in [5.74, 6) is 1.62. The highest BCUT2D eigenvalue weighted by Gasteiger charge is 2.12. The van der Waals surface area contributed by atoms with Gasteiger partial charge < -0.3 is 19.7 Å². The average Bonchev–Trinajstić information content (AvgIpc) is 2.64. The van der Waals surface area contributed by atoms with E-state index in [1.807, 2.05) is 37.3 Å². The van der Waals surface area contributed by atoms with E-state index in [4.69, 9.17) is 9.47 Å². The minimum absolute atomic E-state index is 0.0770. The Morgan fingerprint density at radius 1 is 1.28 bits per heavy atom. The number of rotatable bonds is 5. The maximum absolute atomic E-state index is 12.2. The van der Waals surface area contributed by atoms with Crippen LogP contribution in [0.2, 0.25) is 0 Å². The number of methoxy groups -OCH3 is 1. The van der Waals surface area contributed by atoms with Gasteiger partial charge in [-0.05, 0) is 36.2 Å². The number of hydrogen-bond acceptors (Lipinski definition) is 5. The number of hydrogen-bond donors (Lipinski definition) is 1. The molecule has 2 aromatic rings. The molecule has 6 heteroatoms. The molecule has 132 valence electrons. The summed E-state index contributed by atoms with van der Waals surface area (Å²) in [5, 5.41) is 2.89. The van der Waals surface area contributed by atoms with Crippen LogP contribution in [-0.2, 0) is 16.0 Å². The van der Waals surface area contributed by atoms with Crippen LogP contribution in [0, 0.1) is 6.92 Å². The summed E-state index contributed by atoms with van der Waals surface area (Å²) < 4.78 is 10.6. The van der Waals surface area contributed by atoms with Crippen molar-refractivity contribution in [3.05, 3.63) is 47.7 Å². The van der Waals surface area contributed by atoms with Gasteiger partial charge in [-0.2, -0.15) is 0 Å². The molecule has 1 aromatic carbocycles. The molecule has 1 fully saturated rings. The molecule has 0 bridgehead atoms. The first-order valence-electron chi connectivity index (χ1n) is 8.38. The molecule has 1 aliphatic heterocycles. The van der Waals surface area contributed by atoms with E-state index in [9.17, 15) is 4.79 Å². The highest BCUT2D eigenvalue weighted by Crippen LogP contribution is 2.20. The zero-order valence-electron chi connectivity index (χ0n) is 14.6. The molecule has 6 nitrogen and oxygen atoms in total. The Bertz CT molecular complexity index is 725. The number of morpholine rings is 1. The number of benzene rings is 1. The van der Waals surface area contributed by atoms with Crippen molar-refractivity contribution in [2.24, 2.45) is 0 Å². The monoisotopic (exact) mass is 341 g/mol. The lowest BCUT2D eigenvalue weighted by atomic mass is 10.1. The zero-order chi connectivity index (χ0) is 17.6. The van der Waals surface area contributed by atoms with Gasteiger partial charge in [0.1, 0.15) is 11.6 Å². The van der Waals surface area contributed by atoms with Crippen LogP contribution in [0.15, 0.2) is 36.5 Å². The lowest BCUT2D eigenvalue weighted by molar-refractivity contribution is -0.115. The highest BCUT2D eigenvalue weighted by atomic mass is 16.5. The van der Waals surface area contributed by atoms with Crippen molar-refractivity contribution in [2.75, 3.05) is 43.6 Å². The summed E-state index contributed by atoms with van der Waals surface area (Å²) in [6.45, 7) is 5.10. The van der Waals surface area contributed by atoms with E-state index >= 15 is 0 Å². The number of aryl methyl sites for hydroxylation is 1. The van der Waals surface area contributed by atoms with Crippen LogP contribution in [0.25, 0.3) is 0 Å². The molecule has 1 aliphatic rings.